The van der Waals surface area contributed by atoms with E-state index in [1.54, 1.807) is 43.5 Å². The van der Waals surface area contributed by atoms with Gasteiger partial charge >= 0.3 is 0 Å². The molecule has 0 unspecified atom stereocenters. The molecule has 0 atom stereocenters. The van der Waals surface area contributed by atoms with Crippen molar-refractivity contribution >= 4 is 11.9 Å². The monoisotopic (exact) mass is 382 g/mol. The van der Waals surface area contributed by atoms with Crippen LogP contribution >= 0.6 is 0 Å². The highest BCUT2D eigenvalue weighted by Crippen LogP contribution is 2.30. The fraction of sp³-hybridized carbons (Fsp3) is 0.375. The minimum Gasteiger partial charge on any atom is -0.497 e. The molecule has 0 N–H and O–H groups in total. The van der Waals surface area contributed by atoms with Crippen LogP contribution in [0.2, 0.25) is 0 Å². The van der Waals surface area contributed by atoms with Gasteiger partial charge in [-0.3, -0.25) is 4.79 Å². The van der Waals surface area contributed by atoms with E-state index in [0.717, 1.165) is 11.3 Å². The Morgan fingerprint density at radius 2 is 1.39 bits per heavy atom. The number of methoxy groups -OCH3 is 1. The third-order valence-electron chi connectivity index (χ3n) is 3.61. The van der Waals surface area contributed by atoms with Crippen LogP contribution in [0.4, 0.5) is 0 Å². The summed E-state index contributed by atoms with van der Waals surface area (Å²) in [6.45, 7) is 12.0. The number of benzene rings is 2. The van der Waals surface area contributed by atoms with Crippen LogP contribution in [0.1, 0.15) is 57.5 Å². The molecule has 0 bridgehead atoms. The molecule has 0 fully saturated rings. The Hall–Kier alpha value is -2.75. The van der Waals surface area contributed by atoms with Gasteiger partial charge in [-0.1, -0.05) is 0 Å². The van der Waals surface area contributed by atoms with Gasteiger partial charge in [-0.2, -0.15) is 0 Å². The zero-order chi connectivity index (χ0) is 20.9. The van der Waals surface area contributed by atoms with Gasteiger partial charge in [-0.15, -0.1) is 0 Å². The molecular weight excluding hydrogens is 352 g/mol. The Balaban J connectivity index is 2.31. The molecule has 0 aliphatic carbocycles. The lowest BCUT2D eigenvalue weighted by Gasteiger charge is -2.25. The minimum atomic E-state index is -0.352. The molecule has 0 aromatic heterocycles. The predicted octanol–water partition coefficient (Wildman–Crippen LogP) is 5.95. The van der Waals surface area contributed by atoms with Crippen molar-refractivity contribution < 1.29 is 19.0 Å². The number of ether oxygens (including phenoxy) is 3. The van der Waals surface area contributed by atoms with Gasteiger partial charge in [0, 0.05) is 11.1 Å². The van der Waals surface area contributed by atoms with Crippen molar-refractivity contribution in [2.24, 2.45) is 0 Å². The number of hydrogen-bond donors (Lipinski definition) is 0. The Kier molecular flexibility index (Phi) is 6.55. The van der Waals surface area contributed by atoms with Gasteiger partial charge in [0.2, 0.25) is 0 Å². The zero-order valence-corrected chi connectivity index (χ0v) is 17.8. The van der Waals surface area contributed by atoms with Crippen LogP contribution in [0.3, 0.4) is 0 Å². The van der Waals surface area contributed by atoms with Gasteiger partial charge in [-0.25, -0.2) is 0 Å². The second-order valence-corrected chi connectivity index (χ2v) is 8.55. The van der Waals surface area contributed by atoms with Crippen LogP contribution in [0.25, 0.3) is 6.08 Å². The maximum absolute atomic E-state index is 12.5. The highest BCUT2D eigenvalue weighted by molar-refractivity contribution is 6.07. The lowest BCUT2D eigenvalue weighted by atomic mass is 10.1. The molecule has 0 radical (unpaired) electrons. The third kappa shape index (κ3) is 6.76. The van der Waals surface area contributed by atoms with Crippen LogP contribution in [-0.4, -0.2) is 24.1 Å². The van der Waals surface area contributed by atoms with Crippen molar-refractivity contribution in [3.05, 3.63) is 59.7 Å². The maximum atomic E-state index is 12.5. The standard InChI is InChI=1S/C24H30O4/c1-23(2,3)27-20-13-15-22(28-24(4,5)6)18(16-20)10-14-21(25)17-8-11-19(26-7)12-9-17/h8-16H,1-7H3/b14-10+. The first-order valence-corrected chi connectivity index (χ1v) is 9.35. The molecule has 2 aromatic rings. The van der Waals surface area contributed by atoms with Crippen molar-refractivity contribution in [3.8, 4) is 17.2 Å². The first-order chi connectivity index (χ1) is 13.0. The Labute approximate surface area is 168 Å². The highest BCUT2D eigenvalue weighted by atomic mass is 16.5. The largest absolute Gasteiger partial charge is 0.497 e. The number of hydrogen-bond acceptors (Lipinski definition) is 4. The summed E-state index contributed by atoms with van der Waals surface area (Å²) in [4.78, 5) is 12.5. The maximum Gasteiger partial charge on any atom is 0.185 e. The third-order valence-corrected chi connectivity index (χ3v) is 3.61. The van der Waals surface area contributed by atoms with E-state index in [4.69, 9.17) is 14.2 Å². The first-order valence-electron chi connectivity index (χ1n) is 9.35. The number of carbonyl (C=O) groups excluding carboxylic acids is 1. The van der Waals surface area contributed by atoms with E-state index in [1.165, 1.54) is 0 Å². The van der Waals surface area contributed by atoms with Crippen molar-refractivity contribution in [2.75, 3.05) is 7.11 Å². The van der Waals surface area contributed by atoms with E-state index in [9.17, 15) is 4.79 Å². The van der Waals surface area contributed by atoms with Crippen molar-refractivity contribution in [3.63, 3.8) is 0 Å². The smallest absolute Gasteiger partial charge is 0.185 e. The van der Waals surface area contributed by atoms with Crippen LogP contribution in [0.15, 0.2) is 48.5 Å². The molecule has 2 rings (SSSR count). The van der Waals surface area contributed by atoms with E-state index >= 15 is 0 Å². The lowest BCUT2D eigenvalue weighted by molar-refractivity contribution is 0.104. The molecule has 0 aliphatic rings. The van der Waals surface area contributed by atoms with Crippen LogP contribution in [0.5, 0.6) is 17.2 Å². The van der Waals surface area contributed by atoms with E-state index in [0.29, 0.717) is 17.1 Å². The van der Waals surface area contributed by atoms with E-state index < -0.39 is 0 Å². The van der Waals surface area contributed by atoms with Crippen LogP contribution < -0.4 is 14.2 Å². The van der Waals surface area contributed by atoms with Crippen molar-refractivity contribution in [1.29, 1.82) is 0 Å². The molecule has 0 spiro atoms. The normalized spacial score (nSPS) is 12.1. The predicted molar refractivity (Wildman–Crippen MR) is 114 cm³/mol. The molecule has 0 aliphatic heterocycles. The average molecular weight is 383 g/mol. The Morgan fingerprint density at radius 3 is 1.93 bits per heavy atom. The second kappa shape index (κ2) is 8.51. The summed E-state index contributed by atoms with van der Waals surface area (Å²) in [5.41, 5.74) is 0.720. The van der Waals surface area contributed by atoms with Crippen LogP contribution in [0, 0.1) is 0 Å². The van der Waals surface area contributed by atoms with E-state index in [-0.39, 0.29) is 17.0 Å². The zero-order valence-electron chi connectivity index (χ0n) is 17.8. The SMILES string of the molecule is COc1ccc(C(=O)/C=C/c2cc(OC(C)(C)C)ccc2OC(C)(C)C)cc1. The molecule has 0 heterocycles. The quantitative estimate of drug-likeness (QED) is 0.458. The number of allylic oxidation sites excluding steroid dienone is 1. The summed E-state index contributed by atoms with van der Waals surface area (Å²) < 4.78 is 17.1. The molecule has 4 heteroatoms. The number of rotatable bonds is 6. The van der Waals surface area contributed by atoms with Crippen molar-refractivity contribution in [2.45, 2.75) is 52.7 Å². The van der Waals surface area contributed by atoms with Gasteiger partial charge < -0.3 is 14.2 Å². The fourth-order valence-corrected chi connectivity index (χ4v) is 2.51. The van der Waals surface area contributed by atoms with E-state index in [2.05, 4.69) is 0 Å². The molecular formula is C24H30O4. The molecule has 0 saturated carbocycles. The van der Waals surface area contributed by atoms with Crippen LogP contribution in [-0.2, 0) is 0 Å². The fourth-order valence-electron chi connectivity index (χ4n) is 2.51. The van der Waals surface area contributed by atoms with Crippen molar-refractivity contribution in [1.82, 2.24) is 0 Å². The second-order valence-electron chi connectivity index (χ2n) is 8.55. The number of carbonyl (C=O) groups is 1. The number of ketones is 1. The molecule has 4 nitrogen and oxygen atoms in total. The van der Waals surface area contributed by atoms with Gasteiger partial charge in [0.05, 0.1) is 7.11 Å². The molecule has 0 saturated heterocycles. The molecule has 2 aromatic carbocycles. The van der Waals surface area contributed by atoms with Gasteiger partial charge in [0.25, 0.3) is 0 Å². The summed E-state index contributed by atoms with van der Waals surface area (Å²) in [6.07, 6.45) is 3.32. The average Bonchev–Trinajstić information content (AvgIpc) is 2.59. The minimum absolute atomic E-state index is 0.0912. The molecule has 28 heavy (non-hydrogen) atoms. The lowest BCUT2D eigenvalue weighted by Crippen LogP contribution is -2.24. The summed E-state index contributed by atoms with van der Waals surface area (Å²) in [5.74, 6) is 2.05. The molecule has 150 valence electrons. The summed E-state index contributed by atoms with van der Waals surface area (Å²) >= 11 is 0. The summed E-state index contributed by atoms with van der Waals surface area (Å²) in [5, 5.41) is 0. The Morgan fingerprint density at radius 1 is 0.821 bits per heavy atom. The van der Waals surface area contributed by atoms with E-state index in [1.807, 2.05) is 59.7 Å². The topological polar surface area (TPSA) is 44.8 Å². The van der Waals surface area contributed by atoms with Gasteiger partial charge in [0.15, 0.2) is 5.78 Å². The summed E-state index contributed by atoms with van der Waals surface area (Å²) in [6, 6.07) is 12.7. The van der Waals surface area contributed by atoms with Gasteiger partial charge in [-0.05, 0) is 96.2 Å². The summed E-state index contributed by atoms with van der Waals surface area (Å²) in [7, 11) is 1.60. The first kappa shape index (κ1) is 21.5. The Bertz CT molecular complexity index is 834. The van der Waals surface area contributed by atoms with Gasteiger partial charge in [0.1, 0.15) is 28.5 Å². The molecule has 0 amide bonds. The highest BCUT2D eigenvalue weighted by Gasteiger charge is 2.17.